The van der Waals surface area contributed by atoms with Crippen molar-refractivity contribution in [3.8, 4) is 10.4 Å². The van der Waals surface area contributed by atoms with Crippen LogP contribution in [0.2, 0.25) is 0 Å². The van der Waals surface area contributed by atoms with E-state index in [1.54, 1.807) is 29.4 Å². The third-order valence-electron chi connectivity index (χ3n) is 4.28. The van der Waals surface area contributed by atoms with Gasteiger partial charge in [-0.3, -0.25) is 4.79 Å². The number of hydrogen-bond donors (Lipinski definition) is 1. The highest BCUT2D eigenvalue weighted by molar-refractivity contribution is 7.16. The molecule has 1 amide bonds. The van der Waals surface area contributed by atoms with E-state index >= 15 is 0 Å². The van der Waals surface area contributed by atoms with Crippen LogP contribution in [0.15, 0.2) is 72.8 Å². The molecular weight excluding hydrogens is 354 g/mol. The summed E-state index contributed by atoms with van der Waals surface area (Å²) in [6.45, 7) is 0.442. The molecule has 0 aliphatic carbocycles. The molecule has 0 fully saturated rings. The highest BCUT2D eigenvalue weighted by atomic mass is 32.1. The number of nitrogens with zero attached hydrogens (tertiary/aromatic N) is 2. The average Bonchev–Trinajstić information content (AvgIpc) is 3.33. The first kappa shape index (κ1) is 17.2. The Morgan fingerprint density at radius 2 is 1.85 bits per heavy atom. The Kier molecular flexibility index (Phi) is 4.85. The molecule has 4 nitrogen and oxygen atoms in total. The molecule has 27 heavy (non-hydrogen) atoms. The Labute approximate surface area is 161 Å². The number of aromatic nitrogens is 2. The highest BCUT2D eigenvalue weighted by Crippen LogP contribution is 2.28. The van der Waals surface area contributed by atoms with E-state index in [1.165, 1.54) is 10.4 Å². The second kappa shape index (κ2) is 7.60. The van der Waals surface area contributed by atoms with Crippen molar-refractivity contribution in [1.82, 2.24) is 14.9 Å². The maximum Gasteiger partial charge on any atom is 0.246 e. The average molecular weight is 373 g/mol. The molecule has 5 heteroatoms. The van der Waals surface area contributed by atoms with Crippen molar-refractivity contribution in [1.29, 1.82) is 0 Å². The van der Waals surface area contributed by atoms with Crippen LogP contribution in [-0.4, -0.2) is 27.8 Å². The molecule has 0 bridgehead atoms. The predicted octanol–water partition coefficient (Wildman–Crippen LogP) is 4.96. The van der Waals surface area contributed by atoms with Crippen LogP contribution in [0.3, 0.4) is 0 Å². The number of carbonyl (C=O) groups excluding carboxylic acids is 1. The van der Waals surface area contributed by atoms with Crippen molar-refractivity contribution in [3.05, 3.63) is 83.5 Å². The highest BCUT2D eigenvalue weighted by Gasteiger charge is 2.09. The van der Waals surface area contributed by atoms with Gasteiger partial charge in [-0.25, -0.2) is 4.98 Å². The number of aromatic amines is 1. The topological polar surface area (TPSA) is 49.0 Å². The van der Waals surface area contributed by atoms with Crippen molar-refractivity contribution in [3.63, 3.8) is 0 Å². The maximum atomic E-state index is 12.4. The van der Waals surface area contributed by atoms with E-state index in [1.807, 2.05) is 54.6 Å². The molecule has 2 aromatic carbocycles. The maximum absolute atomic E-state index is 12.4. The van der Waals surface area contributed by atoms with E-state index in [4.69, 9.17) is 0 Å². The number of fused-ring (bicyclic) bond motifs is 1. The van der Waals surface area contributed by atoms with Gasteiger partial charge < -0.3 is 9.88 Å². The molecule has 4 rings (SSSR count). The van der Waals surface area contributed by atoms with Gasteiger partial charge in [0.05, 0.1) is 17.6 Å². The van der Waals surface area contributed by atoms with Crippen LogP contribution < -0.4 is 0 Å². The summed E-state index contributed by atoms with van der Waals surface area (Å²) in [5.74, 6) is 0.730. The van der Waals surface area contributed by atoms with Crippen molar-refractivity contribution in [2.45, 2.75) is 6.54 Å². The molecule has 0 saturated heterocycles. The van der Waals surface area contributed by atoms with E-state index in [0.717, 1.165) is 21.7 Å². The minimum atomic E-state index is -0.0508. The fraction of sp³-hybridized carbons (Fsp3) is 0.0909. The van der Waals surface area contributed by atoms with E-state index < -0.39 is 0 Å². The number of amides is 1. The van der Waals surface area contributed by atoms with Crippen LogP contribution in [0.25, 0.3) is 27.6 Å². The minimum absolute atomic E-state index is 0.0508. The number of H-pyrrole nitrogens is 1. The number of imidazole rings is 1. The van der Waals surface area contributed by atoms with Gasteiger partial charge >= 0.3 is 0 Å². The minimum Gasteiger partial charge on any atom is -0.340 e. The number of benzene rings is 2. The van der Waals surface area contributed by atoms with Crippen LogP contribution >= 0.6 is 11.3 Å². The summed E-state index contributed by atoms with van der Waals surface area (Å²) in [7, 11) is 1.78. The lowest BCUT2D eigenvalue weighted by Gasteiger charge is -2.12. The summed E-state index contributed by atoms with van der Waals surface area (Å²) >= 11 is 1.67. The lowest BCUT2D eigenvalue weighted by Crippen LogP contribution is -2.24. The van der Waals surface area contributed by atoms with E-state index in [9.17, 15) is 4.79 Å². The molecule has 0 saturated carbocycles. The third-order valence-corrected chi connectivity index (χ3v) is 5.38. The normalized spacial score (nSPS) is 11.3. The van der Waals surface area contributed by atoms with Gasteiger partial charge in [0.15, 0.2) is 0 Å². The van der Waals surface area contributed by atoms with Crippen LogP contribution in [0.5, 0.6) is 0 Å². The van der Waals surface area contributed by atoms with E-state index in [2.05, 4.69) is 28.2 Å². The Morgan fingerprint density at radius 3 is 2.67 bits per heavy atom. The zero-order valence-electron chi connectivity index (χ0n) is 14.9. The van der Waals surface area contributed by atoms with Gasteiger partial charge in [0.1, 0.15) is 5.82 Å². The van der Waals surface area contributed by atoms with Gasteiger partial charge in [-0.15, -0.1) is 11.3 Å². The van der Waals surface area contributed by atoms with Crippen LogP contribution in [0.1, 0.15) is 10.7 Å². The summed E-state index contributed by atoms with van der Waals surface area (Å²) in [6, 6.07) is 22.2. The molecule has 134 valence electrons. The smallest absolute Gasteiger partial charge is 0.246 e. The fourth-order valence-corrected chi connectivity index (χ4v) is 3.78. The molecule has 0 unspecified atom stereocenters. The Morgan fingerprint density at radius 1 is 1.07 bits per heavy atom. The predicted molar refractivity (Wildman–Crippen MR) is 111 cm³/mol. The SMILES string of the molecule is CN(Cc1nc2ccccc2[nH]1)C(=O)/C=C/c1ccc(-c2ccccc2)s1. The van der Waals surface area contributed by atoms with Crippen LogP contribution in [-0.2, 0) is 11.3 Å². The van der Waals surface area contributed by atoms with Gasteiger partial charge in [-0.2, -0.15) is 0 Å². The largest absolute Gasteiger partial charge is 0.340 e. The Hall–Kier alpha value is -3.18. The zero-order chi connectivity index (χ0) is 18.6. The van der Waals surface area contributed by atoms with Gasteiger partial charge in [0.2, 0.25) is 5.91 Å². The molecule has 0 radical (unpaired) electrons. The van der Waals surface area contributed by atoms with Crippen LogP contribution in [0.4, 0.5) is 0 Å². The number of rotatable bonds is 5. The molecular formula is C22H19N3OS. The summed E-state index contributed by atoms with van der Waals surface area (Å²) < 4.78 is 0. The van der Waals surface area contributed by atoms with Crippen LogP contribution in [0, 0.1) is 0 Å². The molecule has 2 aromatic heterocycles. The summed E-state index contributed by atoms with van der Waals surface area (Å²) in [5, 5.41) is 0. The standard InChI is InChI=1S/C22H19N3OS/c1-25(15-21-23-18-9-5-6-10-19(18)24-21)22(26)14-12-17-11-13-20(27-17)16-7-3-2-4-8-16/h2-14H,15H2,1H3,(H,23,24)/b14-12+. The Bertz CT molecular complexity index is 1060. The molecule has 0 aliphatic rings. The lowest BCUT2D eigenvalue weighted by molar-refractivity contribution is -0.125. The number of likely N-dealkylation sites (N-methyl/N-ethyl adjacent to an activating group) is 1. The fourth-order valence-electron chi connectivity index (χ4n) is 2.86. The van der Waals surface area contributed by atoms with Gasteiger partial charge in [0.25, 0.3) is 0 Å². The molecule has 2 heterocycles. The first-order chi connectivity index (χ1) is 13.2. The third kappa shape index (κ3) is 3.99. The summed E-state index contributed by atoms with van der Waals surface area (Å²) in [4.78, 5) is 24.1. The van der Waals surface area contributed by atoms with Crippen molar-refractivity contribution in [2.24, 2.45) is 0 Å². The monoisotopic (exact) mass is 373 g/mol. The quantitative estimate of drug-likeness (QED) is 0.503. The number of para-hydroxylation sites is 2. The summed E-state index contributed by atoms with van der Waals surface area (Å²) in [5.41, 5.74) is 3.09. The molecule has 1 N–H and O–H groups in total. The van der Waals surface area contributed by atoms with Crippen molar-refractivity contribution < 1.29 is 4.79 Å². The molecule has 4 aromatic rings. The molecule has 0 aliphatic heterocycles. The van der Waals surface area contributed by atoms with Gasteiger partial charge in [0, 0.05) is 22.9 Å². The van der Waals surface area contributed by atoms with Crippen molar-refractivity contribution >= 4 is 34.4 Å². The second-order valence-corrected chi connectivity index (χ2v) is 7.41. The van der Waals surface area contributed by atoms with Gasteiger partial charge in [-0.1, -0.05) is 42.5 Å². The Balaban J connectivity index is 1.41. The number of carbonyl (C=O) groups is 1. The van der Waals surface area contributed by atoms with E-state index in [0.29, 0.717) is 6.54 Å². The molecule has 0 spiro atoms. The lowest BCUT2D eigenvalue weighted by atomic mass is 10.2. The second-order valence-electron chi connectivity index (χ2n) is 6.30. The molecule has 0 atom stereocenters. The number of nitrogens with one attached hydrogen (secondary N) is 1. The number of hydrogen-bond acceptors (Lipinski definition) is 3. The van der Waals surface area contributed by atoms with Gasteiger partial charge in [-0.05, 0) is 35.9 Å². The van der Waals surface area contributed by atoms with E-state index in [-0.39, 0.29) is 5.91 Å². The first-order valence-corrected chi connectivity index (χ1v) is 9.53. The summed E-state index contributed by atoms with van der Waals surface area (Å²) in [6.07, 6.45) is 3.48. The first-order valence-electron chi connectivity index (χ1n) is 8.71. The number of thiophene rings is 1. The zero-order valence-corrected chi connectivity index (χ0v) is 15.7. The van der Waals surface area contributed by atoms with Crippen molar-refractivity contribution in [2.75, 3.05) is 7.05 Å².